The van der Waals surface area contributed by atoms with E-state index in [1.165, 1.54) is 5.56 Å². The summed E-state index contributed by atoms with van der Waals surface area (Å²) in [5.74, 6) is -0.802. The van der Waals surface area contributed by atoms with Crippen molar-refractivity contribution in [2.24, 2.45) is 5.41 Å². The van der Waals surface area contributed by atoms with Crippen LogP contribution < -0.4 is 21.3 Å². The van der Waals surface area contributed by atoms with Gasteiger partial charge in [0.05, 0.1) is 12.1 Å². The molecule has 1 aromatic rings. The summed E-state index contributed by atoms with van der Waals surface area (Å²) in [6.07, 6.45) is 3.39. The molecule has 0 spiro atoms. The number of hydrogen-bond acceptors (Lipinski definition) is 4. The van der Waals surface area contributed by atoms with E-state index >= 15 is 0 Å². The molecular formula is C24H38N4O3. The molecule has 31 heavy (non-hydrogen) atoms. The Kier molecular flexibility index (Phi) is 8.62. The van der Waals surface area contributed by atoms with Crippen LogP contribution in [-0.2, 0) is 20.8 Å². The van der Waals surface area contributed by atoms with Gasteiger partial charge in [0.25, 0.3) is 0 Å². The molecule has 0 unspecified atom stereocenters. The lowest BCUT2D eigenvalue weighted by molar-refractivity contribution is -0.135. The van der Waals surface area contributed by atoms with Crippen LogP contribution in [0.1, 0.15) is 71.0 Å². The predicted octanol–water partition coefficient (Wildman–Crippen LogP) is 2.21. The average molecular weight is 431 g/mol. The van der Waals surface area contributed by atoms with Gasteiger partial charge in [-0.15, -0.1) is 0 Å². The minimum absolute atomic E-state index is 0.0435. The number of likely N-dealkylation sites (N-methyl/N-ethyl adjacent to an activating group) is 1. The summed E-state index contributed by atoms with van der Waals surface area (Å²) in [7, 11) is 1.69. The van der Waals surface area contributed by atoms with Crippen molar-refractivity contribution in [3.8, 4) is 0 Å². The highest BCUT2D eigenvalue weighted by molar-refractivity contribution is 5.93. The van der Waals surface area contributed by atoms with Gasteiger partial charge in [-0.25, -0.2) is 0 Å². The molecule has 0 radical (unpaired) electrons. The average Bonchev–Trinajstić information content (AvgIpc) is 2.74. The summed E-state index contributed by atoms with van der Waals surface area (Å²) < 4.78 is 0. The predicted molar refractivity (Wildman–Crippen MR) is 122 cm³/mol. The molecule has 172 valence electrons. The Balaban J connectivity index is 2.08. The number of carbonyl (C=O) groups is 3. The zero-order valence-corrected chi connectivity index (χ0v) is 19.7. The van der Waals surface area contributed by atoms with Gasteiger partial charge in [-0.2, -0.15) is 0 Å². The van der Waals surface area contributed by atoms with E-state index in [1.54, 1.807) is 14.0 Å². The van der Waals surface area contributed by atoms with Crippen LogP contribution in [0.5, 0.6) is 0 Å². The van der Waals surface area contributed by atoms with Crippen molar-refractivity contribution in [2.75, 3.05) is 7.05 Å². The van der Waals surface area contributed by atoms with E-state index < -0.39 is 23.5 Å². The van der Waals surface area contributed by atoms with Crippen molar-refractivity contribution in [3.05, 3.63) is 35.4 Å². The number of fused-ring (bicyclic) bond motifs is 1. The molecule has 0 saturated carbocycles. The van der Waals surface area contributed by atoms with Gasteiger partial charge in [-0.1, -0.05) is 52.0 Å². The van der Waals surface area contributed by atoms with Gasteiger partial charge in [0.1, 0.15) is 12.1 Å². The van der Waals surface area contributed by atoms with Crippen LogP contribution in [0, 0.1) is 5.41 Å². The fourth-order valence-electron chi connectivity index (χ4n) is 3.86. The number of carbonyl (C=O) groups excluding carboxylic acids is 3. The third-order valence-corrected chi connectivity index (χ3v) is 5.97. The first-order valence-electron chi connectivity index (χ1n) is 11.2. The molecule has 1 aliphatic rings. The largest absolute Gasteiger partial charge is 0.348 e. The first kappa shape index (κ1) is 24.9. The van der Waals surface area contributed by atoms with Gasteiger partial charge in [-0.3, -0.25) is 14.4 Å². The van der Waals surface area contributed by atoms with Crippen molar-refractivity contribution in [3.63, 3.8) is 0 Å². The van der Waals surface area contributed by atoms with E-state index in [0.717, 1.165) is 24.8 Å². The first-order chi connectivity index (χ1) is 14.6. The van der Waals surface area contributed by atoms with Crippen molar-refractivity contribution in [2.45, 2.75) is 84.5 Å². The molecule has 7 nitrogen and oxygen atoms in total. The highest BCUT2D eigenvalue weighted by Gasteiger charge is 2.35. The third kappa shape index (κ3) is 6.53. The molecule has 3 amide bonds. The number of amides is 3. The number of rotatable bonds is 8. The molecule has 0 fully saturated rings. The van der Waals surface area contributed by atoms with Gasteiger partial charge in [0.15, 0.2) is 0 Å². The normalized spacial score (nSPS) is 18.8. The minimum Gasteiger partial charge on any atom is -0.348 e. The molecule has 0 aromatic heterocycles. The van der Waals surface area contributed by atoms with Crippen molar-refractivity contribution in [1.82, 2.24) is 21.3 Å². The lowest BCUT2D eigenvalue weighted by Crippen LogP contribution is -2.59. The number of benzene rings is 1. The van der Waals surface area contributed by atoms with E-state index in [9.17, 15) is 14.4 Å². The Morgan fingerprint density at radius 2 is 1.74 bits per heavy atom. The number of nitrogens with one attached hydrogen (secondary N) is 4. The van der Waals surface area contributed by atoms with Crippen molar-refractivity contribution in [1.29, 1.82) is 0 Å². The lowest BCUT2D eigenvalue weighted by atomic mass is 9.85. The van der Waals surface area contributed by atoms with E-state index in [-0.39, 0.29) is 23.8 Å². The minimum atomic E-state index is -0.756. The van der Waals surface area contributed by atoms with Gasteiger partial charge < -0.3 is 21.3 Å². The molecule has 1 aromatic carbocycles. The zero-order valence-electron chi connectivity index (χ0n) is 19.7. The van der Waals surface area contributed by atoms with E-state index in [1.807, 2.05) is 39.8 Å². The molecular weight excluding hydrogens is 392 g/mol. The third-order valence-electron chi connectivity index (χ3n) is 5.97. The Hall–Kier alpha value is -2.41. The van der Waals surface area contributed by atoms with E-state index in [0.29, 0.717) is 6.42 Å². The Labute approximate surface area is 186 Å². The molecule has 0 saturated heterocycles. The monoisotopic (exact) mass is 430 g/mol. The van der Waals surface area contributed by atoms with Gasteiger partial charge >= 0.3 is 0 Å². The highest BCUT2D eigenvalue weighted by Crippen LogP contribution is 2.29. The number of aryl methyl sites for hydroxylation is 1. The second kappa shape index (κ2) is 10.8. The zero-order chi connectivity index (χ0) is 23.2. The summed E-state index contributed by atoms with van der Waals surface area (Å²) in [4.78, 5) is 38.5. The van der Waals surface area contributed by atoms with E-state index in [2.05, 4.69) is 33.4 Å². The van der Waals surface area contributed by atoms with Crippen LogP contribution in [0.25, 0.3) is 0 Å². The summed E-state index contributed by atoms with van der Waals surface area (Å²) in [6.45, 7) is 9.27. The Morgan fingerprint density at radius 1 is 1.06 bits per heavy atom. The molecule has 2 rings (SSSR count). The van der Waals surface area contributed by atoms with Crippen LogP contribution in [0.3, 0.4) is 0 Å². The fourth-order valence-corrected chi connectivity index (χ4v) is 3.86. The number of hydrogen-bond donors (Lipinski definition) is 4. The van der Waals surface area contributed by atoms with Crippen LogP contribution in [0.2, 0.25) is 0 Å². The van der Waals surface area contributed by atoms with E-state index in [4.69, 9.17) is 0 Å². The lowest BCUT2D eigenvalue weighted by Gasteiger charge is -2.33. The SMILES string of the molecule is CC[C@@H](NC(=O)[C@H](NC(=O)[C@@H](C)NC)C(C)(C)C)C(=O)N[C@H]1CCCc2ccccc21. The first-order valence-corrected chi connectivity index (χ1v) is 11.2. The molecule has 7 heteroatoms. The van der Waals surface area contributed by atoms with Gasteiger partial charge in [-0.05, 0) is 56.2 Å². The molecule has 0 heterocycles. The Morgan fingerprint density at radius 3 is 2.35 bits per heavy atom. The summed E-state index contributed by atoms with van der Waals surface area (Å²) >= 11 is 0. The van der Waals surface area contributed by atoms with Crippen LogP contribution in [0.15, 0.2) is 24.3 Å². The highest BCUT2D eigenvalue weighted by atomic mass is 16.2. The van der Waals surface area contributed by atoms with Crippen LogP contribution in [0.4, 0.5) is 0 Å². The summed E-state index contributed by atoms with van der Waals surface area (Å²) in [5, 5.41) is 11.7. The molecule has 4 N–H and O–H groups in total. The maximum atomic E-state index is 13.1. The smallest absolute Gasteiger partial charge is 0.243 e. The second-order valence-corrected chi connectivity index (χ2v) is 9.44. The summed E-state index contributed by atoms with van der Waals surface area (Å²) in [6, 6.07) is 6.30. The topological polar surface area (TPSA) is 99.3 Å². The van der Waals surface area contributed by atoms with Crippen LogP contribution >= 0.6 is 0 Å². The molecule has 0 aliphatic heterocycles. The quantitative estimate of drug-likeness (QED) is 0.508. The van der Waals surface area contributed by atoms with Crippen LogP contribution in [-0.4, -0.2) is 42.9 Å². The van der Waals surface area contributed by atoms with Gasteiger partial charge in [0, 0.05) is 0 Å². The second-order valence-electron chi connectivity index (χ2n) is 9.44. The standard InChI is InChI=1S/C24H38N4O3/c1-7-18(22(30)27-19-14-10-12-16-11-8-9-13-17(16)19)26-23(31)20(24(3,4)5)28-21(29)15(2)25-6/h8-9,11,13,15,18-20,25H,7,10,12,14H2,1-6H3,(H,26,31)(H,27,30)(H,28,29)/t15-,18-,19+,20+/m1/s1. The van der Waals surface area contributed by atoms with Crippen molar-refractivity contribution < 1.29 is 14.4 Å². The maximum Gasteiger partial charge on any atom is 0.243 e. The molecule has 1 aliphatic carbocycles. The Bertz CT molecular complexity index is 787. The maximum absolute atomic E-state index is 13.1. The van der Waals surface area contributed by atoms with Crippen molar-refractivity contribution >= 4 is 17.7 Å². The molecule has 0 bridgehead atoms. The molecule has 4 atom stereocenters. The van der Waals surface area contributed by atoms with Gasteiger partial charge in [0.2, 0.25) is 17.7 Å². The fraction of sp³-hybridized carbons (Fsp3) is 0.625. The summed E-state index contributed by atoms with van der Waals surface area (Å²) in [5.41, 5.74) is 1.92.